The Morgan fingerprint density at radius 3 is 3.00 bits per heavy atom. The van der Waals surface area contributed by atoms with E-state index in [9.17, 15) is 4.79 Å². The number of rotatable bonds is 6. The third kappa shape index (κ3) is 3.65. The first-order valence-corrected chi connectivity index (χ1v) is 8.80. The number of hydrogen-bond acceptors (Lipinski definition) is 8. The van der Waals surface area contributed by atoms with E-state index in [0.717, 1.165) is 27.0 Å². The number of hydrogen-bond donors (Lipinski definition) is 1. The van der Waals surface area contributed by atoms with Crippen LogP contribution >= 0.6 is 23.1 Å². The molecule has 0 atom stereocenters. The molecule has 2 heterocycles. The van der Waals surface area contributed by atoms with E-state index in [1.807, 2.05) is 19.1 Å². The van der Waals surface area contributed by atoms with Crippen LogP contribution in [0.15, 0.2) is 37.8 Å². The lowest BCUT2D eigenvalue weighted by atomic mass is 10.1. The van der Waals surface area contributed by atoms with Crippen molar-refractivity contribution in [2.75, 3.05) is 19.0 Å². The minimum Gasteiger partial charge on any atom is -0.497 e. The highest BCUT2D eigenvalue weighted by molar-refractivity contribution is 8.00. The van der Waals surface area contributed by atoms with Crippen molar-refractivity contribution < 1.29 is 9.15 Å². The van der Waals surface area contributed by atoms with Crippen molar-refractivity contribution in [2.45, 2.75) is 17.0 Å². The smallest absolute Gasteiger partial charge is 0.336 e. The van der Waals surface area contributed by atoms with Gasteiger partial charge in [-0.15, -0.1) is 10.2 Å². The van der Waals surface area contributed by atoms with Gasteiger partial charge < -0.3 is 14.5 Å². The zero-order chi connectivity index (χ0) is 16.2. The normalized spacial score (nSPS) is 10.9. The van der Waals surface area contributed by atoms with Crippen LogP contribution in [-0.4, -0.2) is 23.9 Å². The molecule has 6 nitrogen and oxygen atoms in total. The predicted molar refractivity (Wildman–Crippen MR) is 92.7 cm³/mol. The Morgan fingerprint density at radius 1 is 1.35 bits per heavy atom. The Labute approximate surface area is 140 Å². The van der Waals surface area contributed by atoms with E-state index in [1.54, 1.807) is 24.9 Å². The number of thioether (sulfide) groups is 1. The Balaban J connectivity index is 1.85. The summed E-state index contributed by atoms with van der Waals surface area (Å²) in [6.07, 6.45) is 0. The lowest BCUT2D eigenvalue weighted by Gasteiger charge is -2.05. The monoisotopic (exact) mass is 349 g/mol. The minimum absolute atomic E-state index is 0.369. The van der Waals surface area contributed by atoms with E-state index in [-0.39, 0.29) is 5.63 Å². The molecule has 0 saturated carbocycles. The average molecular weight is 349 g/mol. The molecule has 1 N–H and O–H groups in total. The molecule has 23 heavy (non-hydrogen) atoms. The van der Waals surface area contributed by atoms with Crippen molar-refractivity contribution in [1.82, 2.24) is 10.2 Å². The van der Waals surface area contributed by atoms with E-state index in [0.29, 0.717) is 17.1 Å². The number of nitrogens with one attached hydrogen (secondary N) is 1. The first-order valence-electron chi connectivity index (χ1n) is 7.00. The third-order valence-corrected chi connectivity index (χ3v) is 5.19. The molecule has 0 aliphatic carbocycles. The molecule has 0 unspecified atom stereocenters. The number of benzene rings is 1. The van der Waals surface area contributed by atoms with Gasteiger partial charge in [-0.05, 0) is 24.6 Å². The molecule has 0 saturated heterocycles. The van der Waals surface area contributed by atoms with E-state index < -0.39 is 0 Å². The number of fused-ring (bicyclic) bond motifs is 1. The third-order valence-electron chi connectivity index (χ3n) is 3.12. The Hall–Kier alpha value is -2.06. The van der Waals surface area contributed by atoms with Crippen molar-refractivity contribution in [3.8, 4) is 5.75 Å². The summed E-state index contributed by atoms with van der Waals surface area (Å²) in [4.78, 5) is 11.8. The highest BCUT2D eigenvalue weighted by Crippen LogP contribution is 2.31. The highest BCUT2D eigenvalue weighted by atomic mass is 32.2. The number of aromatic nitrogens is 2. The first kappa shape index (κ1) is 15.8. The van der Waals surface area contributed by atoms with Crippen LogP contribution < -0.4 is 15.7 Å². The molecule has 0 amide bonds. The molecule has 0 radical (unpaired) electrons. The maximum Gasteiger partial charge on any atom is 0.336 e. The summed E-state index contributed by atoms with van der Waals surface area (Å²) in [7, 11) is 1.58. The van der Waals surface area contributed by atoms with Gasteiger partial charge in [-0.1, -0.05) is 23.1 Å². The molecular formula is C15H15N3O3S2. The van der Waals surface area contributed by atoms with Crippen molar-refractivity contribution in [3.05, 3.63) is 40.2 Å². The second-order valence-corrected chi connectivity index (χ2v) is 6.84. The Kier molecular flexibility index (Phi) is 4.82. The fourth-order valence-corrected chi connectivity index (χ4v) is 3.90. The van der Waals surface area contributed by atoms with Crippen LogP contribution in [0.2, 0.25) is 0 Å². The lowest BCUT2D eigenvalue weighted by Crippen LogP contribution is -2.00. The molecular weight excluding hydrogens is 334 g/mol. The molecule has 1 aromatic carbocycles. The largest absolute Gasteiger partial charge is 0.497 e. The van der Waals surface area contributed by atoms with Gasteiger partial charge in [0.15, 0.2) is 4.34 Å². The fraction of sp³-hybridized carbons (Fsp3) is 0.267. The summed E-state index contributed by atoms with van der Waals surface area (Å²) < 4.78 is 11.3. The molecule has 120 valence electrons. The van der Waals surface area contributed by atoms with Crippen LogP contribution in [0.1, 0.15) is 12.5 Å². The molecule has 0 bridgehead atoms. The molecule has 0 aliphatic heterocycles. The summed E-state index contributed by atoms with van der Waals surface area (Å²) in [5.74, 6) is 1.28. The number of anilines is 1. The lowest BCUT2D eigenvalue weighted by molar-refractivity contribution is 0.414. The predicted octanol–water partition coefficient (Wildman–Crippen LogP) is 3.38. The minimum atomic E-state index is -0.369. The van der Waals surface area contributed by atoms with Crippen LogP contribution in [0.25, 0.3) is 11.0 Å². The topological polar surface area (TPSA) is 77.3 Å². The second kappa shape index (κ2) is 7.01. The van der Waals surface area contributed by atoms with E-state index >= 15 is 0 Å². The summed E-state index contributed by atoms with van der Waals surface area (Å²) in [5, 5.41) is 13.0. The van der Waals surface area contributed by atoms with Crippen molar-refractivity contribution in [2.24, 2.45) is 0 Å². The van der Waals surface area contributed by atoms with Crippen LogP contribution in [0.3, 0.4) is 0 Å². The van der Waals surface area contributed by atoms with E-state index in [2.05, 4.69) is 15.5 Å². The standard InChI is InChI=1S/C15H15N3O3S2/c1-3-16-14-17-18-15(23-14)22-8-9-6-13(19)21-12-7-10(20-2)4-5-11(9)12/h4-7H,3,8H2,1-2H3,(H,16,17). The molecule has 0 spiro atoms. The SMILES string of the molecule is CCNc1nnc(SCc2cc(=O)oc3cc(OC)ccc23)s1. The summed E-state index contributed by atoms with van der Waals surface area (Å²) in [6.45, 7) is 2.82. The van der Waals surface area contributed by atoms with Crippen molar-refractivity contribution in [3.63, 3.8) is 0 Å². The fourth-order valence-electron chi connectivity index (χ4n) is 2.09. The van der Waals surface area contributed by atoms with Crippen LogP contribution in [0.5, 0.6) is 5.75 Å². The number of nitrogens with zero attached hydrogens (tertiary/aromatic N) is 2. The summed E-state index contributed by atoms with van der Waals surface area (Å²) in [6, 6.07) is 7.00. The Morgan fingerprint density at radius 2 is 2.22 bits per heavy atom. The molecule has 0 aliphatic rings. The van der Waals surface area contributed by atoms with Gasteiger partial charge in [-0.2, -0.15) is 0 Å². The average Bonchev–Trinajstić information content (AvgIpc) is 2.99. The maximum absolute atomic E-state index is 11.8. The zero-order valence-corrected chi connectivity index (χ0v) is 14.3. The summed E-state index contributed by atoms with van der Waals surface area (Å²) in [5.41, 5.74) is 1.06. The number of methoxy groups -OCH3 is 1. The molecule has 3 rings (SSSR count). The first-order chi connectivity index (χ1) is 11.2. The zero-order valence-electron chi connectivity index (χ0n) is 12.7. The van der Waals surface area contributed by atoms with Crippen LogP contribution in [-0.2, 0) is 5.75 Å². The van der Waals surface area contributed by atoms with Crippen molar-refractivity contribution >= 4 is 39.2 Å². The van der Waals surface area contributed by atoms with Crippen molar-refractivity contribution in [1.29, 1.82) is 0 Å². The van der Waals surface area contributed by atoms with Gasteiger partial charge in [0.05, 0.1) is 7.11 Å². The van der Waals surface area contributed by atoms with Gasteiger partial charge in [0.25, 0.3) is 0 Å². The van der Waals surface area contributed by atoms with Gasteiger partial charge in [0, 0.05) is 29.8 Å². The van der Waals surface area contributed by atoms with Gasteiger partial charge in [0.1, 0.15) is 11.3 Å². The highest BCUT2D eigenvalue weighted by Gasteiger charge is 2.10. The van der Waals surface area contributed by atoms with Gasteiger partial charge in [0.2, 0.25) is 5.13 Å². The second-order valence-electron chi connectivity index (χ2n) is 4.64. The quantitative estimate of drug-likeness (QED) is 0.540. The summed E-state index contributed by atoms with van der Waals surface area (Å²) >= 11 is 3.05. The maximum atomic E-state index is 11.8. The van der Waals surface area contributed by atoms with Gasteiger partial charge >= 0.3 is 5.63 Å². The molecule has 2 aromatic heterocycles. The molecule has 0 fully saturated rings. The van der Waals surface area contributed by atoms with E-state index in [1.165, 1.54) is 17.4 Å². The molecule has 8 heteroatoms. The van der Waals surface area contributed by atoms with Gasteiger partial charge in [-0.25, -0.2) is 4.79 Å². The van der Waals surface area contributed by atoms with Crippen LogP contribution in [0, 0.1) is 0 Å². The number of ether oxygens (including phenoxy) is 1. The molecule has 3 aromatic rings. The van der Waals surface area contributed by atoms with Crippen LogP contribution in [0.4, 0.5) is 5.13 Å². The van der Waals surface area contributed by atoms with E-state index in [4.69, 9.17) is 9.15 Å². The Bertz CT molecular complexity index is 876. The van der Waals surface area contributed by atoms with Gasteiger partial charge in [-0.3, -0.25) is 0 Å².